The topological polar surface area (TPSA) is 145 Å². The molecule has 0 unspecified atom stereocenters. The van der Waals surface area contributed by atoms with Crippen molar-refractivity contribution in [3.8, 4) is 11.5 Å². The summed E-state index contributed by atoms with van der Waals surface area (Å²) in [7, 11) is -0.374. The van der Waals surface area contributed by atoms with Crippen molar-refractivity contribution in [1.29, 1.82) is 0 Å². The molecule has 218 valence electrons. The monoisotopic (exact) mass is 676 g/mol. The van der Waals surface area contributed by atoms with Gasteiger partial charge in [-0.1, -0.05) is 45.8 Å². The molecule has 1 saturated carbocycles. The van der Waals surface area contributed by atoms with Gasteiger partial charge in [0.05, 0.1) is 30.1 Å². The standard InChI is InChI=1S/C28H24BBrCl2N2O8/c1-42-15-5-6-17(20(35)10-15)22-16-7-8-18-21(19(16)11-27(31)25(38)33(12-30)26(39)28(22,27)32)24(37)34(23(18)36)14-4-2-3-13(9-14)29(40)41/h2-7,9-10,18-19,21-22,35,40-41H,8,11-12H2,1H3/t18-,19+,21-,22+,27+,28-/m0/s1. The van der Waals surface area contributed by atoms with Gasteiger partial charge in [0, 0.05) is 17.5 Å². The van der Waals surface area contributed by atoms with Crippen LogP contribution >= 0.6 is 39.1 Å². The van der Waals surface area contributed by atoms with Gasteiger partial charge in [0.1, 0.15) is 11.5 Å². The van der Waals surface area contributed by atoms with E-state index in [1.54, 1.807) is 18.2 Å². The molecular weight excluding hydrogens is 654 g/mol. The third-order valence-corrected chi connectivity index (χ3v) is 10.9. The summed E-state index contributed by atoms with van der Waals surface area (Å²) in [6, 6.07) is 10.3. The van der Waals surface area contributed by atoms with Crippen LogP contribution in [0.15, 0.2) is 54.1 Å². The molecule has 42 heavy (non-hydrogen) atoms. The molecule has 0 aromatic heterocycles. The predicted octanol–water partition coefficient (Wildman–Crippen LogP) is 2.00. The molecule has 2 aromatic rings. The highest BCUT2D eigenvalue weighted by Crippen LogP contribution is 2.66. The first-order valence-corrected chi connectivity index (χ1v) is 15.0. The first kappa shape index (κ1) is 29.2. The molecule has 2 aliphatic carbocycles. The SMILES string of the molecule is COc1ccc([C@H]2C3=CC[C@@H]4C(=O)N(c5cccc(B(O)O)c5)C(=O)[C@@H]4[C@@H]3C[C@@]3(Cl)C(=O)N(CBr)C(=O)[C@@]23Cl)c(O)c1. The van der Waals surface area contributed by atoms with E-state index in [4.69, 9.17) is 27.9 Å². The van der Waals surface area contributed by atoms with Crippen LogP contribution in [0, 0.1) is 17.8 Å². The average molecular weight is 678 g/mol. The molecule has 4 aliphatic rings. The van der Waals surface area contributed by atoms with Gasteiger partial charge in [-0.25, -0.2) is 0 Å². The number of rotatable bonds is 5. The molecule has 14 heteroatoms. The van der Waals surface area contributed by atoms with Crippen LogP contribution in [0.1, 0.15) is 24.3 Å². The van der Waals surface area contributed by atoms with Gasteiger partial charge in [-0.2, -0.15) is 0 Å². The molecule has 0 radical (unpaired) electrons. The van der Waals surface area contributed by atoms with E-state index in [1.165, 1.54) is 37.4 Å². The molecule has 10 nitrogen and oxygen atoms in total. The molecule has 0 spiro atoms. The van der Waals surface area contributed by atoms with Crippen LogP contribution in [0.2, 0.25) is 0 Å². The summed E-state index contributed by atoms with van der Waals surface area (Å²) in [6.45, 7) is 0. The largest absolute Gasteiger partial charge is 0.508 e. The fourth-order valence-corrected chi connectivity index (χ4v) is 8.49. The Labute approximate surface area is 259 Å². The second-order valence-corrected chi connectivity index (χ2v) is 12.6. The fourth-order valence-electron chi connectivity index (χ4n) is 7.07. The number of amides is 4. The molecule has 2 aromatic carbocycles. The van der Waals surface area contributed by atoms with Gasteiger partial charge in [0.25, 0.3) is 11.8 Å². The highest BCUT2D eigenvalue weighted by Gasteiger charge is 2.76. The molecule has 3 N–H and O–H groups in total. The van der Waals surface area contributed by atoms with E-state index in [2.05, 4.69) is 15.9 Å². The van der Waals surface area contributed by atoms with Gasteiger partial charge < -0.3 is 19.9 Å². The molecule has 0 bridgehead atoms. The summed E-state index contributed by atoms with van der Waals surface area (Å²) in [4.78, 5) is 53.2. The molecule has 2 saturated heterocycles. The molecule has 4 amide bonds. The summed E-state index contributed by atoms with van der Waals surface area (Å²) in [5.74, 6) is -6.02. The van der Waals surface area contributed by atoms with Gasteiger partial charge in [-0.15, -0.1) is 23.2 Å². The number of benzene rings is 2. The minimum atomic E-state index is -2.04. The Morgan fingerprint density at radius 2 is 1.79 bits per heavy atom. The van der Waals surface area contributed by atoms with Crippen LogP contribution in [0.4, 0.5) is 5.69 Å². The molecule has 2 heterocycles. The van der Waals surface area contributed by atoms with Crippen LogP contribution < -0.4 is 15.1 Å². The quantitative estimate of drug-likeness (QED) is 0.143. The molecular formula is C28H24BBrCl2N2O8. The number of phenols is 1. The van der Waals surface area contributed by atoms with Gasteiger partial charge in [-0.05, 0) is 42.4 Å². The van der Waals surface area contributed by atoms with E-state index < -0.39 is 64.2 Å². The van der Waals surface area contributed by atoms with E-state index in [9.17, 15) is 34.3 Å². The minimum Gasteiger partial charge on any atom is -0.508 e. The van der Waals surface area contributed by atoms with Crippen molar-refractivity contribution in [2.75, 3.05) is 17.5 Å². The Hall–Kier alpha value is -2.90. The Morgan fingerprint density at radius 1 is 1.05 bits per heavy atom. The number of ether oxygens (including phenoxy) is 1. The second kappa shape index (κ2) is 10.1. The highest BCUT2D eigenvalue weighted by molar-refractivity contribution is 9.09. The molecule has 2 aliphatic heterocycles. The normalized spacial score (nSPS) is 32.0. The number of alkyl halides is 3. The zero-order valence-corrected chi connectivity index (χ0v) is 25.1. The van der Waals surface area contributed by atoms with Gasteiger partial charge in [0.15, 0.2) is 9.75 Å². The van der Waals surface area contributed by atoms with E-state index in [0.29, 0.717) is 11.3 Å². The number of likely N-dealkylation sites (tertiary alicyclic amines) is 1. The van der Waals surface area contributed by atoms with Crippen molar-refractivity contribution in [3.63, 3.8) is 0 Å². The van der Waals surface area contributed by atoms with Gasteiger partial charge in [-0.3, -0.25) is 29.0 Å². The Balaban J connectivity index is 1.51. The second-order valence-electron chi connectivity index (χ2n) is 10.9. The van der Waals surface area contributed by atoms with E-state index in [0.717, 1.165) is 9.80 Å². The van der Waals surface area contributed by atoms with Crippen molar-refractivity contribution >= 4 is 81.0 Å². The fraction of sp³-hybridized carbons (Fsp3) is 0.357. The number of fused-ring (bicyclic) bond motifs is 4. The van der Waals surface area contributed by atoms with Crippen molar-refractivity contribution in [1.82, 2.24) is 4.90 Å². The molecule has 6 rings (SSSR count). The Kier molecular flexibility index (Phi) is 7.01. The number of phenolic OH excluding ortho intramolecular Hbond substituents is 1. The zero-order valence-electron chi connectivity index (χ0n) is 22.0. The van der Waals surface area contributed by atoms with Crippen LogP contribution in [0.3, 0.4) is 0 Å². The number of imide groups is 2. The van der Waals surface area contributed by atoms with Crippen LogP contribution in [-0.2, 0) is 19.2 Å². The first-order chi connectivity index (χ1) is 19.9. The lowest BCUT2D eigenvalue weighted by Crippen LogP contribution is -2.60. The zero-order chi connectivity index (χ0) is 30.3. The number of nitrogens with zero attached hydrogens (tertiary/aromatic N) is 2. The number of hydrogen-bond donors (Lipinski definition) is 3. The number of methoxy groups -OCH3 is 1. The third kappa shape index (κ3) is 3.78. The predicted molar refractivity (Wildman–Crippen MR) is 157 cm³/mol. The summed E-state index contributed by atoms with van der Waals surface area (Å²) in [5, 5.41) is 30.4. The number of carbonyl (C=O) groups excluding carboxylic acids is 4. The van der Waals surface area contributed by atoms with Crippen molar-refractivity contribution in [2.45, 2.75) is 28.5 Å². The van der Waals surface area contributed by atoms with E-state index in [1.807, 2.05) is 0 Å². The maximum atomic E-state index is 14.1. The first-order valence-electron chi connectivity index (χ1n) is 13.1. The van der Waals surface area contributed by atoms with E-state index in [-0.39, 0.29) is 40.8 Å². The Bertz CT molecular complexity index is 1590. The lowest BCUT2D eigenvalue weighted by atomic mass is 9.56. The number of carbonyl (C=O) groups is 4. The van der Waals surface area contributed by atoms with Crippen molar-refractivity contribution < 1.29 is 39.1 Å². The summed E-state index contributed by atoms with van der Waals surface area (Å²) >= 11 is 17.5. The summed E-state index contributed by atoms with van der Waals surface area (Å²) < 4.78 is 5.22. The van der Waals surface area contributed by atoms with Crippen molar-refractivity contribution in [3.05, 3.63) is 59.7 Å². The minimum absolute atomic E-state index is 0.103. The smallest absolute Gasteiger partial charge is 0.488 e. The summed E-state index contributed by atoms with van der Waals surface area (Å²) in [6.07, 6.45) is 1.70. The van der Waals surface area contributed by atoms with Crippen LogP contribution in [0.5, 0.6) is 11.5 Å². The van der Waals surface area contributed by atoms with Gasteiger partial charge >= 0.3 is 7.12 Å². The number of aromatic hydroxyl groups is 1. The lowest BCUT2D eigenvalue weighted by molar-refractivity contribution is -0.138. The molecule has 6 atom stereocenters. The summed E-state index contributed by atoms with van der Waals surface area (Å²) in [5.41, 5.74) is 0.870. The highest BCUT2D eigenvalue weighted by atomic mass is 79.9. The third-order valence-electron chi connectivity index (χ3n) is 8.99. The van der Waals surface area contributed by atoms with Crippen LogP contribution in [-0.4, -0.2) is 73.1 Å². The van der Waals surface area contributed by atoms with E-state index >= 15 is 0 Å². The average Bonchev–Trinajstić information content (AvgIpc) is 3.31. The van der Waals surface area contributed by atoms with Crippen LogP contribution in [0.25, 0.3) is 0 Å². The maximum absolute atomic E-state index is 14.1. The number of anilines is 1. The maximum Gasteiger partial charge on any atom is 0.488 e. The van der Waals surface area contributed by atoms with Gasteiger partial charge in [0.2, 0.25) is 11.8 Å². The lowest BCUT2D eigenvalue weighted by Gasteiger charge is -2.50. The number of halogens is 3. The Morgan fingerprint density at radius 3 is 2.43 bits per heavy atom. The number of allylic oxidation sites excluding steroid dienone is 2. The molecule has 3 fully saturated rings. The number of hydrogen-bond acceptors (Lipinski definition) is 8. The van der Waals surface area contributed by atoms with Crippen molar-refractivity contribution in [2.24, 2.45) is 17.8 Å².